The monoisotopic (exact) mass is 306 g/mol. The molecule has 0 aliphatic heterocycles. The molecule has 0 aliphatic rings. The van der Waals surface area contributed by atoms with Gasteiger partial charge in [-0.15, -0.1) is 0 Å². The van der Waals surface area contributed by atoms with E-state index < -0.39 is 10.0 Å². The Morgan fingerprint density at radius 1 is 1.38 bits per heavy atom. The van der Waals surface area contributed by atoms with Crippen molar-refractivity contribution in [2.45, 2.75) is 11.8 Å². The van der Waals surface area contributed by atoms with E-state index >= 15 is 0 Å². The van der Waals surface area contributed by atoms with Crippen LogP contribution in [0.2, 0.25) is 0 Å². The van der Waals surface area contributed by atoms with Gasteiger partial charge < -0.3 is 4.74 Å². The third kappa shape index (κ3) is 3.14. The highest BCUT2D eigenvalue weighted by Gasteiger charge is 2.18. The summed E-state index contributed by atoms with van der Waals surface area (Å²) >= 11 is 0. The molecule has 0 atom stereocenters. The molecule has 0 saturated heterocycles. The summed E-state index contributed by atoms with van der Waals surface area (Å²) in [6.45, 7) is 2.35. The maximum absolute atomic E-state index is 12.3. The largest absolute Gasteiger partial charge is 0.494 e. The summed E-state index contributed by atoms with van der Waals surface area (Å²) in [5.74, 6) is 0.723. The van der Waals surface area contributed by atoms with Gasteiger partial charge in [0.05, 0.1) is 17.7 Å². The minimum Gasteiger partial charge on any atom is -0.494 e. The van der Waals surface area contributed by atoms with Gasteiger partial charge in [-0.25, -0.2) is 8.42 Å². The molecule has 0 fully saturated rings. The van der Waals surface area contributed by atoms with Crippen LogP contribution in [0.25, 0.3) is 0 Å². The Morgan fingerprint density at radius 3 is 2.62 bits per heavy atom. The van der Waals surface area contributed by atoms with Gasteiger partial charge in [0.15, 0.2) is 5.82 Å². The third-order valence-electron chi connectivity index (χ3n) is 2.74. The Bertz CT molecular complexity index is 773. The van der Waals surface area contributed by atoms with Crippen LogP contribution in [0.15, 0.2) is 35.4 Å². The molecule has 0 amide bonds. The van der Waals surface area contributed by atoms with E-state index in [2.05, 4.69) is 9.82 Å². The molecule has 0 unspecified atom stereocenters. The van der Waals surface area contributed by atoms with E-state index in [4.69, 9.17) is 10.00 Å². The van der Waals surface area contributed by atoms with Crippen LogP contribution in [0.5, 0.6) is 5.75 Å². The molecule has 0 saturated carbocycles. The average Bonchev–Trinajstić information content (AvgIpc) is 2.80. The van der Waals surface area contributed by atoms with Crippen molar-refractivity contribution < 1.29 is 13.2 Å². The van der Waals surface area contributed by atoms with Gasteiger partial charge in [0, 0.05) is 7.05 Å². The van der Waals surface area contributed by atoms with Crippen LogP contribution < -0.4 is 9.46 Å². The van der Waals surface area contributed by atoms with Crippen LogP contribution >= 0.6 is 0 Å². The number of benzene rings is 1. The highest BCUT2D eigenvalue weighted by atomic mass is 32.2. The second kappa shape index (κ2) is 5.85. The van der Waals surface area contributed by atoms with E-state index in [1.807, 2.05) is 13.0 Å². The number of nitrogens with one attached hydrogen (secondary N) is 1. The molecule has 110 valence electrons. The molecule has 2 aromatic rings. The van der Waals surface area contributed by atoms with Gasteiger partial charge >= 0.3 is 0 Å². The summed E-state index contributed by atoms with van der Waals surface area (Å²) in [4.78, 5) is 0.0797. The lowest BCUT2D eigenvalue weighted by Gasteiger charge is -2.09. The number of ether oxygens (including phenoxy) is 1. The normalized spacial score (nSPS) is 10.9. The van der Waals surface area contributed by atoms with Crippen molar-refractivity contribution in [3.05, 3.63) is 36.0 Å². The zero-order valence-electron chi connectivity index (χ0n) is 11.6. The van der Waals surface area contributed by atoms with Crippen molar-refractivity contribution in [1.82, 2.24) is 9.78 Å². The van der Waals surface area contributed by atoms with Crippen LogP contribution in [0.1, 0.15) is 12.5 Å². The number of rotatable bonds is 5. The number of nitriles is 1. The van der Waals surface area contributed by atoms with Crippen LogP contribution in [0, 0.1) is 11.3 Å². The van der Waals surface area contributed by atoms with Crippen LogP contribution in [0.4, 0.5) is 5.82 Å². The van der Waals surface area contributed by atoms with E-state index in [0.29, 0.717) is 12.4 Å². The van der Waals surface area contributed by atoms with E-state index in [9.17, 15) is 8.42 Å². The Hall–Kier alpha value is -2.53. The van der Waals surface area contributed by atoms with Crippen LogP contribution in [0.3, 0.4) is 0 Å². The molecular weight excluding hydrogens is 292 g/mol. The number of nitrogens with zero attached hydrogens (tertiary/aromatic N) is 3. The molecule has 0 bridgehead atoms. The zero-order chi connectivity index (χ0) is 15.5. The van der Waals surface area contributed by atoms with E-state index in [1.165, 1.54) is 23.0 Å². The second-order valence-electron chi connectivity index (χ2n) is 4.15. The van der Waals surface area contributed by atoms with Gasteiger partial charge in [0.25, 0.3) is 10.0 Å². The molecule has 1 heterocycles. The predicted octanol–water partition coefficient (Wildman–Crippen LogP) is 1.49. The van der Waals surface area contributed by atoms with Crippen LogP contribution in [-0.4, -0.2) is 24.8 Å². The lowest BCUT2D eigenvalue weighted by molar-refractivity contribution is 0.340. The van der Waals surface area contributed by atoms with Gasteiger partial charge in [-0.05, 0) is 31.2 Å². The minimum atomic E-state index is -3.79. The maximum atomic E-state index is 12.3. The molecule has 7 nitrogen and oxygen atoms in total. The van der Waals surface area contributed by atoms with Crippen molar-refractivity contribution in [2.24, 2.45) is 7.05 Å². The molecule has 0 spiro atoms. The van der Waals surface area contributed by atoms with Gasteiger partial charge in [0.1, 0.15) is 17.4 Å². The summed E-state index contributed by atoms with van der Waals surface area (Å²) in [5, 5.41) is 12.8. The molecule has 0 aliphatic carbocycles. The lowest BCUT2D eigenvalue weighted by atomic mass is 10.3. The maximum Gasteiger partial charge on any atom is 0.263 e. The van der Waals surface area contributed by atoms with Crippen molar-refractivity contribution in [3.8, 4) is 11.8 Å². The van der Waals surface area contributed by atoms with Crippen molar-refractivity contribution in [2.75, 3.05) is 11.3 Å². The SMILES string of the molecule is CCOc1ccc(S(=O)(=O)Nc2c(C#N)cnn2C)cc1. The number of aromatic nitrogens is 2. The van der Waals surface area contributed by atoms with Crippen molar-refractivity contribution in [3.63, 3.8) is 0 Å². The first-order valence-corrected chi connectivity index (χ1v) is 7.64. The summed E-state index contributed by atoms with van der Waals surface area (Å²) in [6, 6.07) is 7.92. The van der Waals surface area contributed by atoms with Crippen molar-refractivity contribution >= 4 is 15.8 Å². The number of aryl methyl sites for hydroxylation is 1. The first-order valence-electron chi connectivity index (χ1n) is 6.15. The third-order valence-corrected chi connectivity index (χ3v) is 4.09. The zero-order valence-corrected chi connectivity index (χ0v) is 12.4. The van der Waals surface area contributed by atoms with Gasteiger partial charge in [0.2, 0.25) is 0 Å². The summed E-state index contributed by atoms with van der Waals surface area (Å²) in [6.07, 6.45) is 1.30. The predicted molar refractivity (Wildman–Crippen MR) is 76.3 cm³/mol. The lowest BCUT2D eigenvalue weighted by Crippen LogP contribution is -2.16. The second-order valence-corrected chi connectivity index (χ2v) is 5.83. The molecule has 1 aromatic heterocycles. The molecule has 1 aromatic carbocycles. The Labute approximate surface area is 122 Å². The standard InChI is InChI=1S/C13H14N4O3S/c1-3-20-11-4-6-12(7-5-11)21(18,19)16-13-10(8-14)9-15-17(13)2/h4-7,9,16H,3H2,1-2H3. The quantitative estimate of drug-likeness (QED) is 0.902. The average molecular weight is 306 g/mol. The van der Waals surface area contributed by atoms with Gasteiger partial charge in [-0.1, -0.05) is 0 Å². The van der Waals surface area contributed by atoms with E-state index in [1.54, 1.807) is 19.2 Å². The summed E-state index contributed by atoms with van der Waals surface area (Å²) in [5.41, 5.74) is 0.159. The molecule has 0 radical (unpaired) electrons. The topological polar surface area (TPSA) is 97.0 Å². The smallest absolute Gasteiger partial charge is 0.263 e. The molecule has 21 heavy (non-hydrogen) atoms. The van der Waals surface area contributed by atoms with Gasteiger partial charge in [-0.2, -0.15) is 10.4 Å². The molecular formula is C13H14N4O3S. The summed E-state index contributed by atoms with van der Waals surface area (Å²) in [7, 11) is -2.24. The summed E-state index contributed by atoms with van der Waals surface area (Å²) < 4.78 is 33.5. The number of hydrogen-bond acceptors (Lipinski definition) is 5. The minimum absolute atomic E-state index is 0.0797. The number of anilines is 1. The fourth-order valence-corrected chi connectivity index (χ4v) is 2.82. The highest BCUT2D eigenvalue weighted by molar-refractivity contribution is 7.92. The fourth-order valence-electron chi connectivity index (χ4n) is 1.71. The highest BCUT2D eigenvalue weighted by Crippen LogP contribution is 2.21. The Balaban J connectivity index is 2.30. The van der Waals surface area contributed by atoms with Crippen LogP contribution in [-0.2, 0) is 17.1 Å². The first kappa shape index (κ1) is 14.9. The van der Waals surface area contributed by atoms with Crippen molar-refractivity contribution in [1.29, 1.82) is 5.26 Å². The fraction of sp³-hybridized carbons (Fsp3) is 0.231. The molecule has 2 rings (SSSR count). The Kier molecular flexibility index (Phi) is 4.14. The Morgan fingerprint density at radius 2 is 2.05 bits per heavy atom. The number of sulfonamides is 1. The first-order chi connectivity index (χ1) is 9.97. The molecule has 1 N–H and O–H groups in total. The number of hydrogen-bond donors (Lipinski definition) is 1. The van der Waals surface area contributed by atoms with E-state index in [0.717, 1.165) is 0 Å². The molecule has 8 heteroatoms. The van der Waals surface area contributed by atoms with E-state index in [-0.39, 0.29) is 16.3 Å². The van der Waals surface area contributed by atoms with Gasteiger partial charge in [-0.3, -0.25) is 9.40 Å².